The van der Waals surface area contributed by atoms with Gasteiger partial charge in [-0.25, -0.2) is 9.59 Å². The molecular formula is C46H60N4O9Si2. The molecular weight excluding hydrogens is 809 g/mol. The number of benzene rings is 4. The molecule has 0 aliphatic carbocycles. The van der Waals surface area contributed by atoms with Crippen molar-refractivity contribution in [1.82, 2.24) is 20.4 Å². The second-order valence-electron chi connectivity index (χ2n) is 16.6. The quantitative estimate of drug-likeness (QED) is 0.0858. The lowest BCUT2D eigenvalue weighted by Gasteiger charge is -2.38. The Bertz CT molecular complexity index is 2070. The van der Waals surface area contributed by atoms with Crippen LogP contribution >= 0.6 is 0 Å². The van der Waals surface area contributed by atoms with Crippen LogP contribution in [-0.4, -0.2) is 115 Å². The lowest BCUT2D eigenvalue weighted by atomic mass is 10.0. The molecule has 4 amide bonds. The highest BCUT2D eigenvalue weighted by molar-refractivity contribution is 6.90. The number of nitrogens with zero attached hydrogens (tertiary/aromatic N) is 2. The van der Waals surface area contributed by atoms with Crippen molar-refractivity contribution in [3.05, 3.63) is 126 Å². The summed E-state index contributed by atoms with van der Waals surface area (Å²) in [6, 6.07) is 31.3. The topological polar surface area (TPSA) is 153 Å². The molecule has 0 saturated heterocycles. The molecule has 0 unspecified atom stereocenters. The predicted molar refractivity (Wildman–Crippen MR) is 241 cm³/mol. The average Bonchev–Trinajstić information content (AvgIpc) is 3.26. The van der Waals surface area contributed by atoms with E-state index < -0.39 is 71.1 Å². The van der Waals surface area contributed by atoms with Crippen LogP contribution < -0.4 is 25.3 Å². The van der Waals surface area contributed by atoms with E-state index in [1.165, 1.54) is 16.9 Å². The minimum absolute atomic E-state index is 0.00571. The fourth-order valence-corrected chi connectivity index (χ4v) is 11.2. The molecule has 0 aliphatic rings. The molecule has 326 valence electrons. The molecule has 15 heteroatoms. The highest BCUT2D eigenvalue weighted by atomic mass is 28.3. The predicted octanol–water partition coefficient (Wildman–Crippen LogP) is 5.13. The van der Waals surface area contributed by atoms with Crippen LogP contribution in [0.3, 0.4) is 0 Å². The van der Waals surface area contributed by atoms with Gasteiger partial charge in [-0.2, -0.15) is 0 Å². The van der Waals surface area contributed by atoms with Gasteiger partial charge in [-0.1, -0.05) is 130 Å². The van der Waals surface area contributed by atoms with Crippen molar-refractivity contribution in [2.24, 2.45) is 0 Å². The summed E-state index contributed by atoms with van der Waals surface area (Å²) >= 11 is 0. The normalized spacial score (nSPS) is 12.3. The third-order valence-electron chi connectivity index (χ3n) is 10.1. The van der Waals surface area contributed by atoms with Gasteiger partial charge in [-0.15, -0.1) is 0 Å². The van der Waals surface area contributed by atoms with Crippen molar-refractivity contribution in [3.63, 3.8) is 0 Å². The lowest BCUT2D eigenvalue weighted by molar-refractivity contribution is -0.152. The van der Waals surface area contributed by atoms with E-state index >= 15 is 0 Å². The van der Waals surface area contributed by atoms with Gasteiger partial charge in [0.05, 0.1) is 35.9 Å². The number of alkyl carbamates (subject to hydrolysis) is 1. The van der Waals surface area contributed by atoms with Crippen molar-refractivity contribution in [2.75, 3.05) is 46.8 Å². The summed E-state index contributed by atoms with van der Waals surface area (Å²) in [7, 11) is -0.330. The zero-order chi connectivity index (χ0) is 44.6. The van der Waals surface area contributed by atoms with Crippen LogP contribution in [0.1, 0.15) is 16.7 Å². The highest BCUT2D eigenvalue weighted by Crippen LogP contribution is 2.23. The SMILES string of the molecule is COC(=O)[C@H](Cc1ccccc1)N(C[Si](C)(C)C)C(=O)CNC(=O)[C@H](Cc1ccccc1)N(C[Si](C)(C)c1ccc(OC)cc1OC)C(=O)CNC(=O)OCc1ccccc1. The number of esters is 1. The first-order valence-electron chi connectivity index (χ1n) is 20.2. The van der Waals surface area contributed by atoms with Gasteiger partial charge in [0.25, 0.3) is 0 Å². The van der Waals surface area contributed by atoms with Gasteiger partial charge in [-0.05, 0) is 27.9 Å². The van der Waals surface area contributed by atoms with E-state index in [1.807, 2.05) is 103 Å². The third kappa shape index (κ3) is 14.6. The molecule has 0 heterocycles. The van der Waals surface area contributed by atoms with Gasteiger partial charge in [0.15, 0.2) is 0 Å². The lowest BCUT2D eigenvalue weighted by Crippen LogP contribution is -2.61. The number of ether oxygens (including phenoxy) is 4. The maximum atomic E-state index is 14.7. The van der Waals surface area contributed by atoms with E-state index in [-0.39, 0.29) is 25.6 Å². The van der Waals surface area contributed by atoms with E-state index in [0.717, 1.165) is 21.9 Å². The summed E-state index contributed by atoms with van der Waals surface area (Å²) in [6.07, 6.45) is 0.0102. The number of hydrogen-bond acceptors (Lipinski definition) is 9. The van der Waals surface area contributed by atoms with E-state index in [9.17, 15) is 24.0 Å². The summed E-state index contributed by atoms with van der Waals surface area (Å²) in [4.78, 5) is 72.8. The number of amides is 4. The fraction of sp³-hybridized carbons (Fsp3) is 0.370. The molecule has 61 heavy (non-hydrogen) atoms. The van der Waals surface area contributed by atoms with E-state index in [4.69, 9.17) is 18.9 Å². The highest BCUT2D eigenvalue weighted by Gasteiger charge is 2.39. The van der Waals surface area contributed by atoms with Crippen LogP contribution in [0.15, 0.2) is 109 Å². The molecule has 4 aromatic rings. The van der Waals surface area contributed by atoms with Gasteiger partial charge in [0.2, 0.25) is 17.7 Å². The van der Waals surface area contributed by atoms with Crippen LogP contribution in [0.5, 0.6) is 11.5 Å². The first kappa shape index (κ1) is 47.7. The first-order valence-corrected chi connectivity index (χ1v) is 27.2. The summed E-state index contributed by atoms with van der Waals surface area (Å²) in [5.74, 6) is -0.936. The van der Waals surface area contributed by atoms with Gasteiger partial charge >= 0.3 is 12.1 Å². The maximum absolute atomic E-state index is 14.7. The van der Waals surface area contributed by atoms with E-state index in [2.05, 4.69) is 43.4 Å². The molecule has 0 saturated carbocycles. The van der Waals surface area contributed by atoms with Crippen LogP contribution in [0.25, 0.3) is 0 Å². The Balaban J connectivity index is 1.69. The van der Waals surface area contributed by atoms with Crippen molar-refractivity contribution in [1.29, 1.82) is 0 Å². The molecule has 0 aromatic heterocycles. The number of nitrogens with one attached hydrogen (secondary N) is 2. The second-order valence-corrected chi connectivity index (χ2v) is 26.7. The van der Waals surface area contributed by atoms with Gasteiger partial charge in [0.1, 0.15) is 44.8 Å². The zero-order valence-corrected chi connectivity index (χ0v) is 38.6. The third-order valence-corrected chi connectivity index (χ3v) is 14.4. The number of carbonyl (C=O) groups excluding carboxylic acids is 5. The van der Waals surface area contributed by atoms with Crippen molar-refractivity contribution in [2.45, 2.75) is 64.3 Å². The number of rotatable bonds is 21. The number of hydrogen-bond donors (Lipinski definition) is 2. The molecule has 13 nitrogen and oxygen atoms in total. The van der Waals surface area contributed by atoms with Crippen LogP contribution in [-0.2, 0) is 48.1 Å². The standard InChI is InChI=1S/C46H60N4O9Si2/c1-56-37-24-25-41(40(28-37)57-2)61(7,8)33-50(43(52)30-48-46(55)59-31-36-22-16-11-17-23-36)38(26-34-18-12-9-13-19-34)44(53)47-29-42(51)49(32-60(4,5)6)39(45(54)58-3)27-35-20-14-10-15-21-35/h9-25,28,38-39H,26-27,29-33H2,1-8H3,(H,47,53)(H,48,55)/t38-,39-/m0/s1. The average molecular weight is 869 g/mol. The van der Waals surface area contributed by atoms with Gasteiger partial charge < -0.3 is 39.4 Å². The Kier molecular flexibility index (Phi) is 17.7. The molecule has 4 aromatic carbocycles. The van der Waals surface area contributed by atoms with Crippen LogP contribution in [0.2, 0.25) is 32.7 Å². The molecule has 0 fully saturated rings. The van der Waals surface area contributed by atoms with Gasteiger partial charge in [0, 0.05) is 31.2 Å². The summed E-state index contributed by atoms with van der Waals surface area (Å²) in [5, 5.41) is 6.31. The molecule has 4 rings (SSSR count). The van der Waals surface area contributed by atoms with Crippen molar-refractivity contribution >= 4 is 51.1 Å². The monoisotopic (exact) mass is 868 g/mol. The Labute approximate surface area is 361 Å². The maximum Gasteiger partial charge on any atom is 0.407 e. The molecule has 2 N–H and O–H groups in total. The first-order chi connectivity index (χ1) is 29.0. The molecule has 2 atom stereocenters. The summed E-state index contributed by atoms with van der Waals surface area (Å²) in [6.45, 7) is 9.52. The fourth-order valence-electron chi connectivity index (χ4n) is 7.01. The van der Waals surface area contributed by atoms with Gasteiger partial charge in [-0.3, -0.25) is 14.4 Å². The Hall–Kier alpha value is -5.94. The molecule has 0 radical (unpaired) electrons. The molecule has 0 spiro atoms. The molecule has 0 aliphatic heterocycles. The van der Waals surface area contributed by atoms with E-state index in [0.29, 0.717) is 17.7 Å². The number of methoxy groups -OCH3 is 3. The molecule has 0 bridgehead atoms. The minimum Gasteiger partial charge on any atom is -0.497 e. The van der Waals surface area contributed by atoms with Crippen LogP contribution in [0.4, 0.5) is 4.79 Å². The Morgan fingerprint density at radius 1 is 0.607 bits per heavy atom. The second kappa shape index (κ2) is 22.6. The minimum atomic E-state index is -2.73. The summed E-state index contributed by atoms with van der Waals surface area (Å²) < 4.78 is 21.8. The van der Waals surface area contributed by atoms with Crippen molar-refractivity contribution < 1.29 is 42.9 Å². The number of carbonyl (C=O) groups is 5. The zero-order valence-electron chi connectivity index (χ0n) is 36.6. The Morgan fingerprint density at radius 2 is 1.11 bits per heavy atom. The van der Waals surface area contributed by atoms with E-state index in [1.54, 1.807) is 20.3 Å². The summed E-state index contributed by atoms with van der Waals surface area (Å²) in [5.41, 5.74) is 2.41. The van der Waals surface area contributed by atoms with Crippen LogP contribution in [0, 0.1) is 0 Å². The smallest absolute Gasteiger partial charge is 0.407 e. The van der Waals surface area contributed by atoms with Crippen molar-refractivity contribution in [3.8, 4) is 11.5 Å². The largest absolute Gasteiger partial charge is 0.497 e. The Morgan fingerprint density at radius 3 is 1.62 bits per heavy atom.